The van der Waals surface area contributed by atoms with E-state index in [1.54, 1.807) is 24.3 Å². The Hall–Kier alpha value is -3.33. The van der Waals surface area contributed by atoms with Gasteiger partial charge in [-0.25, -0.2) is 4.39 Å². The quantitative estimate of drug-likeness (QED) is 0.702. The van der Waals surface area contributed by atoms with Crippen molar-refractivity contribution in [3.05, 3.63) is 58.2 Å². The lowest BCUT2D eigenvalue weighted by Crippen LogP contribution is -2.36. The third kappa shape index (κ3) is 4.46. The Bertz CT molecular complexity index is 1050. The van der Waals surface area contributed by atoms with Gasteiger partial charge in [0.1, 0.15) is 12.4 Å². The molecule has 0 aliphatic carbocycles. The molecule has 0 radical (unpaired) electrons. The number of aryl methyl sites for hydroxylation is 1. The summed E-state index contributed by atoms with van der Waals surface area (Å²) >= 11 is 0.733. The molecule has 2 aromatic rings. The first-order valence-corrected chi connectivity index (χ1v) is 9.68. The zero-order chi connectivity index (χ0) is 21.8. The van der Waals surface area contributed by atoms with Gasteiger partial charge in [0, 0.05) is 0 Å². The Morgan fingerprint density at radius 3 is 2.50 bits per heavy atom. The molecule has 3 amide bonds. The Kier molecular flexibility index (Phi) is 6.41. The number of hydrogen-bond acceptors (Lipinski definition) is 6. The topological polar surface area (TPSA) is 84.9 Å². The Balaban J connectivity index is 1.78. The molecule has 1 fully saturated rings. The third-order valence-electron chi connectivity index (χ3n) is 4.38. The molecule has 1 saturated heterocycles. The predicted molar refractivity (Wildman–Crippen MR) is 112 cm³/mol. The first-order valence-electron chi connectivity index (χ1n) is 8.86. The number of thioether (sulfide) groups is 1. The summed E-state index contributed by atoms with van der Waals surface area (Å²) in [6.07, 6.45) is 1.57. The number of benzene rings is 2. The van der Waals surface area contributed by atoms with Crippen molar-refractivity contribution in [2.45, 2.75) is 6.92 Å². The summed E-state index contributed by atoms with van der Waals surface area (Å²) in [5, 5.41) is 1.78. The SMILES string of the molecule is COc1cc(C)c(/C=C2/SC(=O)N(CC(=O)Nc3ccccc3F)C2=O)cc1OC. The van der Waals surface area contributed by atoms with Crippen LogP contribution in [0.4, 0.5) is 14.9 Å². The molecule has 1 heterocycles. The van der Waals surface area contributed by atoms with Crippen LogP contribution in [0.2, 0.25) is 0 Å². The zero-order valence-corrected chi connectivity index (χ0v) is 17.3. The van der Waals surface area contributed by atoms with Crippen molar-refractivity contribution in [2.24, 2.45) is 0 Å². The maximum atomic E-state index is 13.7. The second-order valence-electron chi connectivity index (χ2n) is 6.36. The number of ether oxygens (including phenoxy) is 2. The number of carbonyl (C=O) groups excluding carboxylic acids is 3. The Morgan fingerprint density at radius 2 is 1.83 bits per heavy atom. The van der Waals surface area contributed by atoms with Crippen LogP contribution < -0.4 is 14.8 Å². The molecule has 1 aliphatic rings. The number of anilines is 1. The molecule has 0 saturated carbocycles. The molecule has 1 N–H and O–H groups in total. The molecule has 156 valence electrons. The molecule has 0 unspecified atom stereocenters. The van der Waals surface area contributed by atoms with Crippen LogP contribution in [0.3, 0.4) is 0 Å². The van der Waals surface area contributed by atoms with Gasteiger partial charge in [-0.05, 0) is 60.2 Å². The highest BCUT2D eigenvalue weighted by Crippen LogP contribution is 2.35. The van der Waals surface area contributed by atoms with Crippen molar-refractivity contribution in [2.75, 3.05) is 26.1 Å². The summed E-state index contributed by atoms with van der Waals surface area (Å²) in [4.78, 5) is 38.1. The summed E-state index contributed by atoms with van der Waals surface area (Å²) < 4.78 is 24.2. The van der Waals surface area contributed by atoms with E-state index in [-0.39, 0.29) is 10.6 Å². The van der Waals surface area contributed by atoms with Gasteiger partial charge in [-0.15, -0.1) is 0 Å². The maximum absolute atomic E-state index is 13.7. The number of carbonyl (C=O) groups is 3. The monoisotopic (exact) mass is 430 g/mol. The number of hydrogen-bond donors (Lipinski definition) is 1. The first-order chi connectivity index (χ1) is 14.3. The van der Waals surface area contributed by atoms with Gasteiger partial charge in [0.25, 0.3) is 11.1 Å². The van der Waals surface area contributed by atoms with Gasteiger partial charge in [-0.2, -0.15) is 0 Å². The zero-order valence-electron chi connectivity index (χ0n) is 16.5. The molecule has 0 aromatic heterocycles. The van der Waals surface area contributed by atoms with E-state index in [9.17, 15) is 18.8 Å². The third-order valence-corrected chi connectivity index (χ3v) is 5.29. The van der Waals surface area contributed by atoms with Crippen molar-refractivity contribution in [3.8, 4) is 11.5 Å². The van der Waals surface area contributed by atoms with Crippen molar-refractivity contribution in [1.82, 2.24) is 4.90 Å². The van der Waals surface area contributed by atoms with Crippen LogP contribution in [0.25, 0.3) is 6.08 Å². The van der Waals surface area contributed by atoms with E-state index in [1.807, 2.05) is 6.92 Å². The van der Waals surface area contributed by atoms with Crippen LogP contribution in [0.5, 0.6) is 11.5 Å². The van der Waals surface area contributed by atoms with Gasteiger partial charge in [0.2, 0.25) is 5.91 Å². The lowest BCUT2D eigenvalue weighted by Gasteiger charge is -2.13. The fourth-order valence-electron chi connectivity index (χ4n) is 2.83. The molecule has 1 aliphatic heterocycles. The highest BCUT2D eigenvalue weighted by Gasteiger charge is 2.36. The lowest BCUT2D eigenvalue weighted by molar-refractivity contribution is -0.127. The van der Waals surface area contributed by atoms with Crippen LogP contribution in [0.15, 0.2) is 41.3 Å². The Labute approximate surface area is 176 Å². The van der Waals surface area contributed by atoms with Crippen molar-refractivity contribution in [3.63, 3.8) is 0 Å². The minimum atomic E-state index is -0.675. The molecule has 30 heavy (non-hydrogen) atoms. The van der Waals surface area contributed by atoms with E-state index in [4.69, 9.17) is 9.47 Å². The highest BCUT2D eigenvalue weighted by molar-refractivity contribution is 8.18. The smallest absolute Gasteiger partial charge is 0.294 e. The summed E-state index contributed by atoms with van der Waals surface area (Å²) in [5.74, 6) is -0.847. The van der Waals surface area contributed by atoms with Gasteiger partial charge in [-0.3, -0.25) is 19.3 Å². The summed E-state index contributed by atoms with van der Waals surface area (Å²) in [6.45, 7) is 1.32. The molecule has 0 bridgehead atoms. The van der Waals surface area contributed by atoms with Crippen molar-refractivity contribution < 1.29 is 28.2 Å². The molecule has 7 nitrogen and oxygen atoms in total. The molecule has 2 aromatic carbocycles. The summed E-state index contributed by atoms with van der Waals surface area (Å²) in [5.41, 5.74) is 1.47. The van der Waals surface area contributed by atoms with Gasteiger partial charge in [0.05, 0.1) is 24.8 Å². The largest absolute Gasteiger partial charge is 0.493 e. The Morgan fingerprint density at radius 1 is 1.17 bits per heavy atom. The number of rotatable bonds is 6. The van der Waals surface area contributed by atoms with Gasteiger partial charge in [-0.1, -0.05) is 12.1 Å². The number of nitrogens with zero attached hydrogens (tertiary/aromatic N) is 1. The van der Waals surface area contributed by atoms with Crippen LogP contribution in [0, 0.1) is 12.7 Å². The fourth-order valence-corrected chi connectivity index (χ4v) is 3.65. The van der Waals surface area contributed by atoms with Crippen LogP contribution in [-0.2, 0) is 9.59 Å². The summed E-state index contributed by atoms with van der Waals surface area (Å²) in [6, 6.07) is 9.10. The first kappa shape index (κ1) is 21.4. The fraction of sp³-hybridized carbons (Fsp3) is 0.190. The number of para-hydroxylation sites is 1. The highest BCUT2D eigenvalue weighted by atomic mass is 32.2. The van der Waals surface area contributed by atoms with Gasteiger partial charge >= 0.3 is 0 Å². The van der Waals surface area contributed by atoms with E-state index < -0.39 is 29.4 Å². The van der Waals surface area contributed by atoms with E-state index in [0.29, 0.717) is 17.1 Å². The van der Waals surface area contributed by atoms with Crippen LogP contribution >= 0.6 is 11.8 Å². The van der Waals surface area contributed by atoms with Crippen molar-refractivity contribution >= 4 is 40.6 Å². The summed E-state index contributed by atoms with van der Waals surface area (Å²) in [7, 11) is 3.02. The number of amides is 3. The van der Waals surface area contributed by atoms with E-state index in [1.165, 1.54) is 32.4 Å². The minimum absolute atomic E-state index is 0.0223. The normalized spacial score (nSPS) is 14.9. The minimum Gasteiger partial charge on any atom is -0.493 e. The standard InChI is InChI=1S/C21H19FN2O5S/c1-12-8-16(28-2)17(29-3)9-13(12)10-18-20(26)24(21(27)30-18)11-19(25)23-15-7-5-4-6-14(15)22/h4-10H,11H2,1-3H3,(H,23,25)/b18-10+. The molecule has 0 atom stereocenters. The molecule has 3 rings (SSSR count). The van der Waals surface area contributed by atoms with E-state index >= 15 is 0 Å². The van der Waals surface area contributed by atoms with Crippen LogP contribution in [0.1, 0.15) is 11.1 Å². The predicted octanol–water partition coefficient (Wildman–Crippen LogP) is 3.83. The van der Waals surface area contributed by atoms with Gasteiger partial charge < -0.3 is 14.8 Å². The average Bonchev–Trinajstić information content (AvgIpc) is 2.98. The van der Waals surface area contributed by atoms with Crippen LogP contribution in [-0.4, -0.2) is 42.7 Å². The second-order valence-corrected chi connectivity index (χ2v) is 7.35. The number of methoxy groups -OCH3 is 2. The van der Waals surface area contributed by atoms with Gasteiger partial charge in [0.15, 0.2) is 11.5 Å². The number of imide groups is 1. The van der Waals surface area contributed by atoms with E-state index in [0.717, 1.165) is 22.2 Å². The lowest BCUT2D eigenvalue weighted by atomic mass is 10.1. The second kappa shape index (κ2) is 9.00. The van der Waals surface area contributed by atoms with Crippen molar-refractivity contribution in [1.29, 1.82) is 0 Å². The average molecular weight is 430 g/mol. The van der Waals surface area contributed by atoms with E-state index in [2.05, 4.69) is 5.32 Å². The molecular formula is C21H19FN2O5S. The molecule has 0 spiro atoms. The maximum Gasteiger partial charge on any atom is 0.294 e. The molecule has 9 heteroatoms. The molecular weight excluding hydrogens is 411 g/mol. The number of halogens is 1. The number of nitrogens with one attached hydrogen (secondary N) is 1.